The van der Waals surface area contributed by atoms with E-state index in [4.69, 9.17) is 14.0 Å². The minimum atomic E-state index is -0.111. The summed E-state index contributed by atoms with van der Waals surface area (Å²) in [6.07, 6.45) is 1.32. The van der Waals surface area contributed by atoms with Gasteiger partial charge < -0.3 is 18.9 Å². The van der Waals surface area contributed by atoms with E-state index in [9.17, 15) is 4.79 Å². The monoisotopic (exact) mass is 407 g/mol. The molecule has 2 heterocycles. The van der Waals surface area contributed by atoms with Crippen LogP contribution in [-0.4, -0.2) is 41.2 Å². The summed E-state index contributed by atoms with van der Waals surface area (Å²) >= 11 is 0. The van der Waals surface area contributed by atoms with Crippen molar-refractivity contribution in [2.45, 2.75) is 32.2 Å². The quantitative estimate of drug-likeness (QED) is 0.561. The molecular formula is C23H25N3O4. The molecule has 2 aromatic carbocycles. The van der Waals surface area contributed by atoms with Crippen LogP contribution in [0.5, 0.6) is 11.5 Å². The summed E-state index contributed by atoms with van der Waals surface area (Å²) in [5.41, 5.74) is 1.83. The maximum atomic E-state index is 12.5. The summed E-state index contributed by atoms with van der Waals surface area (Å²) < 4.78 is 16.5. The standard InChI is InChI=1S/C23H25N3O4/c1-3-12-29-19-10-8-16(9-11-19)22-24-23(30-25-22)18-13-21(27)26(15-18)14-17-6-4-5-7-20(17)28-2/h4-11,18H,3,12-15H2,1-2H3. The number of carbonyl (C=O) groups is 1. The lowest BCUT2D eigenvalue weighted by atomic mass is 10.1. The molecule has 1 aliphatic rings. The number of rotatable bonds is 8. The molecule has 4 rings (SSSR count). The van der Waals surface area contributed by atoms with Gasteiger partial charge in [0.1, 0.15) is 11.5 Å². The Morgan fingerprint density at radius 3 is 2.73 bits per heavy atom. The molecule has 1 amide bonds. The van der Waals surface area contributed by atoms with E-state index in [1.54, 1.807) is 7.11 Å². The van der Waals surface area contributed by atoms with Crippen LogP contribution >= 0.6 is 0 Å². The number of aromatic nitrogens is 2. The average molecular weight is 407 g/mol. The van der Waals surface area contributed by atoms with Gasteiger partial charge in [0.25, 0.3) is 0 Å². The number of nitrogens with zero attached hydrogens (tertiary/aromatic N) is 3. The van der Waals surface area contributed by atoms with E-state index in [1.807, 2.05) is 53.4 Å². The fraction of sp³-hybridized carbons (Fsp3) is 0.348. The fourth-order valence-electron chi connectivity index (χ4n) is 3.57. The number of likely N-dealkylation sites (tertiary alicyclic amines) is 1. The largest absolute Gasteiger partial charge is 0.496 e. The zero-order valence-corrected chi connectivity index (χ0v) is 17.2. The molecular weight excluding hydrogens is 382 g/mol. The Labute approximate surface area is 175 Å². The van der Waals surface area contributed by atoms with Gasteiger partial charge in [-0.1, -0.05) is 30.3 Å². The minimum absolute atomic E-state index is 0.0723. The van der Waals surface area contributed by atoms with E-state index in [0.717, 1.165) is 29.0 Å². The van der Waals surface area contributed by atoms with Crippen molar-refractivity contribution in [1.29, 1.82) is 0 Å². The number of hydrogen-bond donors (Lipinski definition) is 0. The van der Waals surface area contributed by atoms with Gasteiger partial charge in [-0.2, -0.15) is 4.98 Å². The van der Waals surface area contributed by atoms with E-state index in [0.29, 0.717) is 37.8 Å². The molecule has 7 heteroatoms. The first-order valence-corrected chi connectivity index (χ1v) is 10.1. The Kier molecular flexibility index (Phi) is 5.97. The Morgan fingerprint density at radius 1 is 1.17 bits per heavy atom. The second-order valence-corrected chi connectivity index (χ2v) is 7.32. The SMILES string of the molecule is CCCOc1ccc(-c2noc(C3CC(=O)N(Cc4ccccc4OC)C3)n2)cc1. The lowest BCUT2D eigenvalue weighted by Crippen LogP contribution is -2.24. The number of ether oxygens (including phenoxy) is 2. The van der Waals surface area contributed by atoms with Crippen molar-refractivity contribution in [2.75, 3.05) is 20.3 Å². The predicted molar refractivity (Wildman–Crippen MR) is 111 cm³/mol. The van der Waals surface area contributed by atoms with E-state index >= 15 is 0 Å². The number of para-hydroxylation sites is 1. The molecule has 1 aromatic heterocycles. The molecule has 3 aromatic rings. The molecule has 30 heavy (non-hydrogen) atoms. The highest BCUT2D eigenvalue weighted by Gasteiger charge is 2.34. The second kappa shape index (κ2) is 8.98. The molecule has 156 valence electrons. The van der Waals surface area contributed by atoms with E-state index in [1.165, 1.54) is 0 Å². The Hall–Kier alpha value is -3.35. The summed E-state index contributed by atoms with van der Waals surface area (Å²) in [6, 6.07) is 15.3. The van der Waals surface area contributed by atoms with Crippen molar-refractivity contribution in [3.8, 4) is 22.9 Å². The van der Waals surface area contributed by atoms with Crippen LogP contribution in [0.1, 0.15) is 37.1 Å². The fourth-order valence-corrected chi connectivity index (χ4v) is 3.57. The zero-order valence-electron chi connectivity index (χ0n) is 17.2. The number of amides is 1. The first-order chi connectivity index (χ1) is 14.7. The van der Waals surface area contributed by atoms with E-state index < -0.39 is 0 Å². The van der Waals surface area contributed by atoms with Crippen LogP contribution < -0.4 is 9.47 Å². The van der Waals surface area contributed by atoms with Crippen molar-refractivity contribution < 1.29 is 18.8 Å². The summed E-state index contributed by atoms with van der Waals surface area (Å²) in [4.78, 5) is 18.9. The van der Waals surface area contributed by atoms with Crippen molar-refractivity contribution in [2.24, 2.45) is 0 Å². The van der Waals surface area contributed by atoms with Crippen LogP contribution in [0.15, 0.2) is 53.1 Å². The van der Waals surface area contributed by atoms with Crippen LogP contribution in [-0.2, 0) is 11.3 Å². The summed E-state index contributed by atoms with van der Waals surface area (Å²) in [5.74, 6) is 2.57. The van der Waals surface area contributed by atoms with Gasteiger partial charge in [0.15, 0.2) is 0 Å². The Morgan fingerprint density at radius 2 is 1.97 bits per heavy atom. The number of hydrogen-bond acceptors (Lipinski definition) is 6. The van der Waals surface area contributed by atoms with Crippen molar-refractivity contribution in [3.63, 3.8) is 0 Å². The molecule has 0 radical (unpaired) electrons. The molecule has 0 saturated carbocycles. The molecule has 0 aliphatic carbocycles. The van der Waals surface area contributed by atoms with Gasteiger partial charge in [-0.15, -0.1) is 0 Å². The van der Waals surface area contributed by atoms with Crippen LogP contribution in [0.3, 0.4) is 0 Å². The molecule has 1 fully saturated rings. The maximum absolute atomic E-state index is 12.5. The minimum Gasteiger partial charge on any atom is -0.496 e. The van der Waals surface area contributed by atoms with Gasteiger partial charge in [-0.05, 0) is 36.8 Å². The molecule has 0 N–H and O–H groups in total. The van der Waals surface area contributed by atoms with Gasteiger partial charge in [0.2, 0.25) is 17.6 Å². The third-order valence-electron chi connectivity index (χ3n) is 5.14. The summed E-state index contributed by atoms with van der Waals surface area (Å²) in [6.45, 7) is 3.80. The molecule has 1 atom stereocenters. The van der Waals surface area contributed by atoms with E-state index in [-0.39, 0.29) is 11.8 Å². The highest BCUT2D eigenvalue weighted by molar-refractivity contribution is 5.79. The summed E-state index contributed by atoms with van der Waals surface area (Å²) in [5, 5.41) is 4.11. The smallest absolute Gasteiger partial charge is 0.232 e. The topological polar surface area (TPSA) is 77.7 Å². The van der Waals surface area contributed by atoms with Crippen molar-refractivity contribution >= 4 is 5.91 Å². The Bertz CT molecular complexity index is 1000. The third kappa shape index (κ3) is 4.30. The molecule has 1 unspecified atom stereocenters. The number of carbonyl (C=O) groups excluding carboxylic acids is 1. The van der Waals surface area contributed by atoms with Gasteiger partial charge in [0.05, 0.1) is 19.6 Å². The van der Waals surface area contributed by atoms with Crippen LogP contribution in [0.2, 0.25) is 0 Å². The van der Waals surface area contributed by atoms with Crippen LogP contribution in [0, 0.1) is 0 Å². The molecule has 1 aliphatic heterocycles. The average Bonchev–Trinajstić information content (AvgIpc) is 3.40. The predicted octanol–water partition coefficient (Wildman–Crippen LogP) is 4.05. The lowest BCUT2D eigenvalue weighted by molar-refractivity contribution is -0.128. The molecule has 0 bridgehead atoms. The maximum Gasteiger partial charge on any atom is 0.232 e. The van der Waals surface area contributed by atoms with Gasteiger partial charge in [-0.25, -0.2) is 0 Å². The normalized spacial score (nSPS) is 16.1. The van der Waals surface area contributed by atoms with Crippen molar-refractivity contribution in [3.05, 3.63) is 60.0 Å². The van der Waals surface area contributed by atoms with Gasteiger partial charge in [-0.3, -0.25) is 4.79 Å². The molecule has 1 saturated heterocycles. The van der Waals surface area contributed by atoms with Crippen molar-refractivity contribution in [1.82, 2.24) is 15.0 Å². The highest BCUT2D eigenvalue weighted by Crippen LogP contribution is 2.31. The second-order valence-electron chi connectivity index (χ2n) is 7.32. The third-order valence-corrected chi connectivity index (χ3v) is 5.14. The van der Waals surface area contributed by atoms with Gasteiger partial charge in [0, 0.05) is 30.6 Å². The van der Waals surface area contributed by atoms with Crippen LogP contribution in [0.25, 0.3) is 11.4 Å². The van der Waals surface area contributed by atoms with Crippen LogP contribution in [0.4, 0.5) is 0 Å². The first kappa shape index (κ1) is 19.9. The first-order valence-electron chi connectivity index (χ1n) is 10.1. The number of benzene rings is 2. The Balaban J connectivity index is 1.43. The van der Waals surface area contributed by atoms with E-state index in [2.05, 4.69) is 17.1 Å². The molecule has 7 nitrogen and oxygen atoms in total. The highest BCUT2D eigenvalue weighted by atomic mass is 16.5. The lowest BCUT2D eigenvalue weighted by Gasteiger charge is -2.17. The molecule has 0 spiro atoms. The number of methoxy groups -OCH3 is 1. The zero-order chi connectivity index (χ0) is 20.9. The summed E-state index contributed by atoms with van der Waals surface area (Å²) in [7, 11) is 1.63. The van der Waals surface area contributed by atoms with Gasteiger partial charge >= 0.3 is 0 Å².